The zero-order chi connectivity index (χ0) is 19.1. The Kier molecular flexibility index (Phi) is 6.19. The highest BCUT2D eigenvalue weighted by Gasteiger charge is 2.22. The highest BCUT2D eigenvalue weighted by atomic mass is 16.6. The highest BCUT2D eigenvalue weighted by Crippen LogP contribution is 2.17. The third-order valence-electron chi connectivity index (χ3n) is 4.35. The minimum atomic E-state index is -0.275. The summed E-state index contributed by atoms with van der Waals surface area (Å²) in [6, 6.07) is 7.36. The van der Waals surface area contributed by atoms with Crippen LogP contribution in [0, 0.1) is 0 Å². The van der Waals surface area contributed by atoms with E-state index in [1.165, 1.54) is 0 Å². The number of nitrogens with one attached hydrogen (secondary N) is 1. The Morgan fingerprint density at radius 3 is 2.56 bits per heavy atom. The number of ether oxygens (including phenoxy) is 1. The molecule has 1 aliphatic rings. The predicted octanol–water partition coefficient (Wildman–Crippen LogP) is 1.69. The van der Waals surface area contributed by atoms with Gasteiger partial charge in [0.25, 0.3) is 5.91 Å². The molecule has 1 aliphatic heterocycles. The lowest BCUT2D eigenvalue weighted by atomic mass is 10.2. The van der Waals surface area contributed by atoms with Crippen molar-refractivity contribution in [1.82, 2.24) is 20.2 Å². The van der Waals surface area contributed by atoms with Crippen LogP contribution in [0.2, 0.25) is 0 Å². The van der Waals surface area contributed by atoms with E-state index in [0.717, 1.165) is 11.3 Å². The van der Waals surface area contributed by atoms with Crippen LogP contribution in [-0.2, 0) is 11.3 Å². The molecule has 0 radical (unpaired) electrons. The average Bonchev–Trinajstić information content (AvgIpc) is 2.73. The van der Waals surface area contributed by atoms with Gasteiger partial charge in [-0.15, -0.1) is 0 Å². The van der Waals surface area contributed by atoms with Crippen molar-refractivity contribution in [1.29, 1.82) is 0 Å². The maximum atomic E-state index is 12.4. The molecule has 3 rings (SSSR count). The number of carbonyl (C=O) groups is 2. The second kappa shape index (κ2) is 8.98. The summed E-state index contributed by atoms with van der Waals surface area (Å²) in [5.74, 6) is -0.223. The minimum absolute atomic E-state index is 0.223. The number of carbonyl (C=O) groups excluding carboxylic acids is 2. The summed E-state index contributed by atoms with van der Waals surface area (Å²) < 4.78 is 5.04. The summed E-state index contributed by atoms with van der Waals surface area (Å²) in [6.45, 7) is 5.14. The van der Waals surface area contributed by atoms with E-state index >= 15 is 0 Å². The van der Waals surface area contributed by atoms with E-state index in [-0.39, 0.29) is 12.0 Å². The molecule has 0 aromatic carbocycles. The number of pyridine rings is 2. The standard InChI is InChI=1S/C19H23N5O3/c1-2-27-19(26)24-11-9-23(10-12-24)16-5-8-21-17(13-16)18(25)22-14-15-3-6-20-7-4-15/h3-8,13H,2,9-12,14H2,1H3,(H,22,25). The number of rotatable bonds is 5. The van der Waals surface area contributed by atoms with Crippen LogP contribution in [-0.4, -0.2) is 59.7 Å². The van der Waals surface area contributed by atoms with Gasteiger partial charge in [-0.05, 0) is 36.8 Å². The van der Waals surface area contributed by atoms with Crippen LogP contribution < -0.4 is 10.2 Å². The quantitative estimate of drug-likeness (QED) is 0.863. The van der Waals surface area contributed by atoms with Crippen LogP contribution in [0.25, 0.3) is 0 Å². The molecule has 0 unspecified atom stereocenters. The van der Waals surface area contributed by atoms with Gasteiger partial charge in [0.1, 0.15) is 5.69 Å². The largest absolute Gasteiger partial charge is 0.450 e. The summed E-state index contributed by atoms with van der Waals surface area (Å²) in [4.78, 5) is 36.2. The Morgan fingerprint density at radius 2 is 1.85 bits per heavy atom. The van der Waals surface area contributed by atoms with Gasteiger partial charge in [-0.3, -0.25) is 14.8 Å². The van der Waals surface area contributed by atoms with Gasteiger partial charge in [-0.25, -0.2) is 4.79 Å². The van der Waals surface area contributed by atoms with Gasteiger partial charge >= 0.3 is 6.09 Å². The van der Waals surface area contributed by atoms with E-state index in [1.807, 2.05) is 18.2 Å². The minimum Gasteiger partial charge on any atom is -0.450 e. The fraction of sp³-hybridized carbons (Fsp3) is 0.368. The lowest BCUT2D eigenvalue weighted by Crippen LogP contribution is -2.49. The zero-order valence-corrected chi connectivity index (χ0v) is 15.3. The first-order valence-electron chi connectivity index (χ1n) is 8.97. The summed E-state index contributed by atoms with van der Waals surface area (Å²) in [5.41, 5.74) is 2.27. The lowest BCUT2D eigenvalue weighted by molar-refractivity contribution is 0.0945. The molecule has 3 heterocycles. The van der Waals surface area contributed by atoms with Crippen molar-refractivity contribution in [2.24, 2.45) is 0 Å². The molecule has 8 nitrogen and oxygen atoms in total. The van der Waals surface area contributed by atoms with Crippen LogP contribution in [0.5, 0.6) is 0 Å². The molecule has 2 aromatic heterocycles. The maximum Gasteiger partial charge on any atom is 0.409 e. The molecule has 2 amide bonds. The lowest BCUT2D eigenvalue weighted by Gasteiger charge is -2.35. The van der Waals surface area contributed by atoms with Crippen LogP contribution in [0.4, 0.5) is 10.5 Å². The monoisotopic (exact) mass is 369 g/mol. The molecule has 1 fully saturated rings. The van der Waals surface area contributed by atoms with Crippen molar-refractivity contribution in [2.45, 2.75) is 13.5 Å². The molecular formula is C19H23N5O3. The molecule has 1 N–H and O–H groups in total. The fourth-order valence-electron chi connectivity index (χ4n) is 2.88. The number of piperazine rings is 1. The van der Waals surface area contributed by atoms with Crippen molar-refractivity contribution in [3.8, 4) is 0 Å². The number of aromatic nitrogens is 2. The molecule has 0 spiro atoms. The van der Waals surface area contributed by atoms with E-state index in [2.05, 4.69) is 20.2 Å². The summed E-state index contributed by atoms with van der Waals surface area (Å²) in [7, 11) is 0. The second-order valence-electron chi connectivity index (χ2n) is 6.11. The molecule has 0 atom stereocenters. The average molecular weight is 369 g/mol. The summed E-state index contributed by atoms with van der Waals surface area (Å²) in [6.07, 6.45) is 4.74. The SMILES string of the molecule is CCOC(=O)N1CCN(c2ccnc(C(=O)NCc3ccncc3)c2)CC1. The molecule has 27 heavy (non-hydrogen) atoms. The van der Waals surface area contributed by atoms with Crippen molar-refractivity contribution in [2.75, 3.05) is 37.7 Å². The zero-order valence-electron chi connectivity index (χ0n) is 15.3. The third-order valence-corrected chi connectivity index (χ3v) is 4.35. The Labute approximate surface area is 158 Å². The second-order valence-corrected chi connectivity index (χ2v) is 6.11. The number of anilines is 1. The predicted molar refractivity (Wildman–Crippen MR) is 100 cm³/mol. The van der Waals surface area contributed by atoms with Crippen LogP contribution >= 0.6 is 0 Å². The third kappa shape index (κ3) is 4.93. The van der Waals surface area contributed by atoms with E-state index in [9.17, 15) is 9.59 Å². The number of hydrogen-bond acceptors (Lipinski definition) is 6. The van der Waals surface area contributed by atoms with E-state index in [0.29, 0.717) is 45.0 Å². The Bertz CT molecular complexity index is 776. The first-order chi connectivity index (χ1) is 13.2. The van der Waals surface area contributed by atoms with Gasteiger partial charge in [-0.2, -0.15) is 0 Å². The maximum absolute atomic E-state index is 12.4. The van der Waals surface area contributed by atoms with Crippen molar-refractivity contribution in [3.63, 3.8) is 0 Å². The van der Waals surface area contributed by atoms with E-state index in [1.54, 1.807) is 36.5 Å². The Morgan fingerprint density at radius 1 is 1.11 bits per heavy atom. The van der Waals surface area contributed by atoms with Crippen LogP contribution in [0.15, 0.2) is 42.9 Å². The highest BCUT2D eigenvalue weighted by molar-refractivity contribution is 5.93. The fourth-order valence-corrected chi connectivity index (χ4v) is 2.88. The Balaban J connectivity index is 1.57. The number of amides is 2. The van der Waals surface area contributed by atoms with Crippen LogP contribution in [0.1, 0.15) is 23.0 Å². The normalized spacial score (nSPS) is 14.0. The number of hydrogen-bond donors (Lipinski definition) is 1. The van der Waals surface area contributed by atoms with Gasteiger partial charge in [0.05, 0.1) is 6.61 Å². The first kappa shape index (κ1) is 18.6. The topological polar surface area (TPSA) is 87.7 Å². The molecule has 0 aliphatic carbocycles. The van der Waals surface area contributed by atoms with E-state index < -0.39 is 0 Å². The Hall–Kier alpha value is -3.16. The van der Waals surface area contributed by atoms with Gasteiger partial charge in [0.15, 0.2) is 0 Å². The van der Waals surface area contributed by atoms with Gasteiger partial charge in [0.2, 0.25) is 0 Å². The number of nitrogens with zero attached hydrogens (tertiary/aromatic N) is 4. The van der Waals surface area contributed by atoms with Gasteiger partial charge in [-0.1, -0.05) is 0 Å². The summed E-state index contributed by atoms with van der Waals surface area (Å²) in [5, 5.41) is 2.86. The molecule has 142 valence electrons. The van der Waals surface area contributed by atoms with Crippen molar-refractivity contribution < 1.29 is 14.3 Å². The first-order valence-corrected chi connectivity index (χ1v) is 8.97. The molecule has 0 bridgehead atoms. The van der Waals surface area contributed by atoms with Gasteiger partial charge < -0.3 is 19.9 Å². The molecule has 0 saturated carbocycles. The molecule has 1 saturated heterocycles. The summed E-state index contributed by atoms with van der Waals surface area (Å²) >= 11 is 0. The van der Waals surface area contributed by atoms with Crippen molar-refractivity contribution >= 4 is 17.7 Å². The molecule has 2 aromatic rings. The smallest absolute Gasteiger partial charge is 0.409 e. The molecular weight excluding hydrogens is 346 g/mol. The van der Waals surface area contributed by atoms with E-state index in [4.69, 9.17) is 4.74 Å². The molecule has 8 heteroatoms. The van der Waals surface area contributed by atoms with Gasteiger partial charge in [0, 0.05) is 57.0 Å². The van der Waals surface area contributed by atoms with Crippen LogP contribution in [0.3, 0.4) is 0 Å². The van der Waals surface area contributed by atoms with Crippen molar-refractivity contribution in [3.05, 3.63) is 54.1 Å².